The van der Waals surface area contributed by atoms with Gasteiger partial charge in [0.2, 0.25) is 0 Å². The molecule has 11 heteroatoms. The lowest BCUT2D eigenvalue weighted by molar-refractivity contribution is 0.0925. The van der Waals surface area contributed by atoms with Crippen LogP contribution in [0.15, 0.2) is 30.3 Å². The molecule has 0 bridgehead atoms. The zero-order valence-corrected chi connectivity index (χ0v) is 22.2. The van der Waals surface area contributed by atoms with Gasteiger partial charge in [0.1, 0.15) is 10.6 Å². The number of pyridine rings is 2. The number of nitrogens with one attached hydrogen (secondary N) is 1. The van der Waals surface area contributed by atoms with Crippen LogP contribution in [0, 0.1) is 6.92 Å². The molecule has 0 radical (unpaired) electrons. The number of ether oxygens (including phenoxy) is 1. The predicted molar refractivity (Wildman–Crippen MR) is 142 cm³/mol. The van der Waals surface area contributed by atoms with Crippen molar-refractivity contribution in [1.82, 2.24) is 19.9 Å². The number of piperidine rings is 1. The van der Waals surface area contributed by atoms with Crippen LogP contribution in [0.4, 0.5) is 10.6 Å². The van der Waals surface area contributed by atoms with Gasteiger partial charge in [0, 0.05) is 31.6 Å². The summed E-state index contributed by atoms with van der Waals surface area (Å²) in [6, 6.07) is 9.66. The Morgan fingerprint density at radius 1 is 1.16 bits per heavy atom. The second-order valence-corrected chi connectivity index (χ2v) is 12.4. The number of H-pyrrole nitrogens is 1. The van der Waals surface area contributed by atoms with Crippen LogP contribution < -0.4 is 4.90 Å². The number of rotatable bonds is 5. The van der Waals surface area contributed by atoms with Crippen molar-refractivity contribution in [1.29, 1.82) is 0 Å². The van der Waals surface area contributed by atoms with Crippen molar-refractivity contribution >= 4 is 32.8 Å². The molecule has 0 aliphatic carbocycles. The first kappa shape index (κ1) is 25.5. The molecule has 2 saturated heterocycles. The van der Waals surface area contributed by atoms with Gasteiger partial charge in [-0.2, -0.15) is 0 Å². The van der Waals surface area contributed by atoms with Crippen molar-refractivity contribution in [2.45, 2.75) is 43.9 Å². The van der Waals surface area contributed by atoms with Crippen LogP contribution in [-0.2, 0) is 19.3 Å². The molecule has 2 aliphatic rings. The van der Waals surface area contributed by atoms with Gasteiger partial charge in [0.15, 0.2) is 9.84 Å². The number of fused-ring (bicyclic) bond motifs is 1. The fraction of sp³-hybridized carbons (Fsp3) is 0.500. The van der Waals surface area contributed by atoms with E-state index in [0.29, 0.717) is 42.5 Å². The average molecular weight is 528 g/mol. The zero-order valence-electron chi connectivity index (χ0n) is 21.4. The first-order valence-electron chi connectivity index (χ1n) is 12.6. The quantitative estimate of drug-likeness (QED) is 0.515. The molecule has 0 saturated carbocycles. The Labute approximate surface area is 216 Å². The fourth-order valence-electron chi connectivity index (χ4n) is 5.57. The van der Waals surface area contributed by atoms with E-state index in [1.165, 1.54) is 11.2 Å². The average Bonchev–Trinajstić information content (AvgIpc) is 3.27. The van der Waals surface area contributed by atoms with Crippen LogP contribution >= 0.6 is 0 Å². The van der Waals surface area contributed by atoms with Gasteiger partial charge in [-0.05, 0) is 62.1 Å². The highest BCUT2D eigenvalue weighted by Gasteiger charge is 2.46. The number of anilines is 1. The third kappa shape index (κ3) is 4.66. The molecule has 0 unspecified atom stereocenters. The van der Waals surface area contributed by atoms with Gasteiger partial charge in [0.25, 0.3) is 0 Å². The predicted octanol–water partition coefficient (Wildman–Crippen LogP) is 3.56. The molecule has 0 aromatic carbocycles. The molecule has 0 spiro atoms. The molecule has 198 valence electrons. The van der Waals surface area contributed by atoms with Crippen molar-refractivity contribution < 1.29 is 23.1 Å². The molecule has 37 heavy (non-hydrogen) atoms. The molecule has 5 rings (SSSR count). The highest BCUT2D eigenvalue weighted by Crippen LogP contribution is 2.42. The van der Waals surface area contributed by atoms with Gasteiger partial charge in [-0.25, -0.2) is 23.2 Å². The summed E-state index contributed by atoms with van der Waals surface area (Å²) in [6.45, 7) is 6.16. The molecule has 10 nitrogen and oxygen atoms in total. The normalized spacial score (nSPS) is 20.4. The zero-order chi connectivity index (χ0) is 26.4. The minimum absolute atomic E-state index is 0.121. The highest BCUT2D eigenvalue weighted by atomic mass is 32.2. The van der Waals surface area contributed by atoms with E-state index in [4.69, 9.17) is 14.7 Å². The van der Waals surface area contributed by atoms with Gasteiger partial charge >= 0.3 is 6.09 Å². The first-order chi connectivity index (χ1) is 17.6. The van der Waals surface area contributed by atoms with Crippen molar-refractivity contribution in [3.8, 4) is 11.4 Å². The standard InChI is InChI=1S/C26H33N5O5S/c1-4-19-16-36-12-11-31(19)24-15-18(26(37(3,34)35)7-9-30(10-8-26)25(32)33)14-23(29-24)21-6-5-20-22(28-21)13-17(2)27-20/h5-6,13-15,19,27H,4,7-12,16H2,1-3H3,(H,32,33)/t19-/m0/s1. The van der Waals surface area contributed by atoms with E-state index in [1.54, 1.807) is 0 Å². The van der Waals surface area contributed by atoms with E-state index >= 15 is 0 Å². The maximum absolute atomic E-state index is 13.4. The smallest absolute Gasteiger partial charge is 0.407 e. The summed E-state index contributed by atoms with van der Waals surface area (Å²) in [6.07, 6.45) is 1.45. The Balaban J connectivity index is 1.68. The highest BCUT2D eigenvalue weighted by molar-refractivity contribution is 7.91. The number of sulfone groups is 1. The number of hydrogen-bond donors (Lipinski definition) is 2. The van der Waals surface area contributed by atoms with Gasteiger partial charge in [-0.15, -0.1) is 0 Å². The molecule has 3 aromatic heterocycles. The van der Waals surface area contributed by atoms with E-state index in [9.17, 15) is 18.3 Å². The van der Waals surface area contributed by atoms with Crippen LogP contribution in [0.1, 0.15) is 37.4 Å². The Hall–Kier alpha value is -3.18. The molecule has 2 aliphatic heterocycles. The Morgan fingerprint density at radius 3 is 2.59 bits per heavy atom. The second kappa shape index (κ2) is 9.60. The molecule has 2 fully saturated rings. The fourth-order valence-corrected chi connectivity index (χ4v) is 7.04. The molecule has 3 aromatic rings. The van der Waals surface area contributed by atoms with Crippen LogP contribution in [0.3, 0.4) is 0 Å². The number of amides is 1. The molecular weight excluding hydrogens is 494 g/mol. The number of hydrogen-bond acceptors (Lipinski definition) is 7. The van der Waals surface area contributed by atoms with Gasteiger partial charge in [0.05, 0.1) is 41.7 Å². The van der Waals surface area contributed by atoms with E-state index in [1.807, 2.05) is 37.3 Å². The maximum Gasteiger partial charge on any atom is 0.407 e. The van der Waals surface area contributed by atoms with Crippen LogP contribution in [0.25, 0.3) is 22.4 Å². The van der Waals surface area contributed by atoms with Crippen LogP contribution in [-0.4, -0.2) is 84.6 Å². The van der Waals surface area contributed by atoms with E-state index < -0.39 is 20.7 Å². The largest absolute Gasteiger partial charge is 0.465 e. The molecular formula is C26H33N5O5S. The van der Waals surface area contributed by atoms with Crippen molar-refractivity contribution in [3.05, 3.63) is 41.6 Å². The number of carbonyl (C=O) groups is 1. The summed E-state index contributed by atoms with van der Waals surface area (Å²) in [4.78, 5) is 28.1. The number of carboxylic acid groups (broad SMARTS) is 1. The molecule has 1 amide bonds. The lowest BCUT2D eigenvalue weighted by atomic mass is 9.88. The topological polar surface area (TPSA) is 129 Å². The third-order valence-corrected chi connectivity index (χ3v) is 9.82. The van der Waals surface area contributed by atoms with E-state index in [-0.39, 0.29) is 32.0 Å². The molecule has 1 atom stereocenters. The van der Waals surface area contributed by atoms with Crippen molar-refractivity contribution in [2.24, 2.45) is 0 Å². The number of nitrogens with zero attached hydrogens (tertiary/aromatic N) is 4. The number of aromatic amines is 1. The van der Waals surface area contributed by atoms with E-state index in [0.717, 1.165) is 23.1 Å². The maximum atomic E-state index is 13.4. The summed E-state index contributed by atoms with van der Waals surface area (Å²) in [5.41, 5.74) is 4.62. The summed E-state index contributed by atoms with van der Waals surface area (Å²) in [5.74, 6) is 0.693. The molecule has 2 N–H and O–H groups in total. The summed E-state index contributed by atoms with van der Waals surface area (Å²) >= 11 is 0. The Bertz CT molecular complexity index is 1430. The first-order valence-corrected chi connectivity index (χ1v) is 14.5. The van der Waals surface area contributed by atoms with E-state index in [2.05, 4.69) is 16.8 Å². The minimum atomic E-state index is -3.60. The second-order valence-electron chi connectivity index (χ2n) is 10.0. The minimum Gasteiger partial charge on any atom is -0.465 e. The lowest BCUT2D eigenvalue weighted by Gasteiger charge is -2.41. The van der Waals surface area contributed by atoms with Gasteiger partial charge in [-0.3, -0.25) is 0 Å². The Morgan fingerprint density at radius 2 is 1.92 bits per heavy atom. The summed E-state index contributed by atoms with van der Waals surface area (Å²) < 4.78 is 31.2. The lowest BCUT2D eigenvalue weighted by Crippen LogP contribution is -2.49. The third-order valence-electron chi connectivity index (χ3n) is 7.75. The number of likely N-dealkylation sites (tertiary alicyclic amines) is 1. The van der Waals surface area contributed by atoms with Crippen molar-refractivity contribution in [2.75, 3.05) is 44.0 Å². The SMILES string of the molecule is CC[C@H]1COCCN1c1cc(C2(S(C)(=O)=O)CCN(C(=O)O)CC2)cc(-c2ccc3[nH]c(C)cc3n2)n1. The molecule has 5 heterocycles. The van der Waals surface area contributed by atoms with Gasteiger partial charge in [-0.1, -0.05) is 6.92 Å². The van der Waals surface area contributed by atoms with Crippen LogP contribution in [0.2, 0.25) is 0 Å². The number of aryl methyl sites for hydroxylation is 1. The number of morpholine rings is 1. The summed E-state index contributed by atoms with van der Waals surface area (Å²) in [7, 11) is -3.60. The van der Waals surface area contributed by atoms with Crippen LogP contribution in [0.5, 0.6) is 0 Å². The monoisotopic (exact) mass is 527 g/mol. The number of aromatic nitrogens is 3. The van der Waals surface area contributed by atoms with Crippen molar-refractivity contribution in [3.63, 3.8) is 0 Å². The summed E-state index contributed by atoms with van der Waals surface area (Å²) in [5, 5.41) is 9.47. The Kier molecular flexibility index (Phi) is 6.61. The van der Waals surface area contributed by atoms with Gasteiger partial charge < -0.3 is 24.6 Å².